The van der Waals surface area contributed by atoms with E-state index in [1.165, 1.54) is 6.26 Å². The van der Waals surface area contributed by atoms with E-state index in [0.717, 1.165) is 0 Å². The van der Waals surface area contributed by atoms with E-state index in [1.54, 1.807) is 29.9 Å². The van der Waals surface area contributed by atoms with Gasteiger partial charge in [0.15, 0.2) is 0 Å². The van der Waals surface area contributed by atoms with Crippen LogP contribution in [0.25, 0.3) is 0 Å². The average Bonchev–Trinajstić information content (AvgIpc) is 3.01. The molecule has 1 aromatic rings. The second-order valence-corrected chi connectivity index (χ2v) is 5.42. The minimum atomic E-state index is -0.136. The number of carbonyl (C=O) groups excluding carboxylic acids is 2. The minimum Gasteiger partial charge on any atom is -0.469 e. The maximum Gasteiger partial charge on any atom is 0.257 e. The summed E-state index contributed by atoms with van der Waals surface area (Å²) in [6.45, 7) is 5.37. The largest absolute Gasteiger partial charge is 0.469 e. The van der Waals surface area contributed by atoms with Gasteiger partial charge >= 0.3 is 0 Å². The number of aryl methyl sites for hydroxylation is 1. The van der Waals surface area contributed by atoms with Gasteiger partial charge in [-0.05, 0) is 13.0 Å². The summed E-state index contributed by atoms with van der Waals surface area (Å²) in [6.07, 6.45) is 1.79. The van der Waals surface area contributed by atoms with Gasteiger partial charge in [-0.1, -0.05) is 0 Å². The molecule has 7 heteroatoms. The fraction of sp³-hybridized carbons (Fsp3) is 0.625. The Balaban J connectivity index is 1.93. The maximum atomic E-state index is 12.6. The van der Waals surface area contributed by atoms with Crippen LogP contribution in [0, 0.1) is 6.92 Å². The highest BCUT2D eigenvalue weighted by Crippen LogP contribution is 2.13. The van der Waals surface area contributed by atoms with Gasteiger partial charge in [0.2, 0.25) is 5.91 Å². The summed E-state index contributed by atoms with van der Waals surface area (Å²) in [6, 6.07) is 1.65. The van der Waals surface area contributed by atoms with Crippen molar-refractivity contribution >= 4 is 11.8 Å². The Morgan fingerprint density at radius 3 is 2.65 bits per heavy atom. The van der Waals surface area contributed by atoms with E-state index < -0.39 is 0 Å². The lowest BCUT2D eigenvalue weighted by Gasteiger charge is -2.28. The first kappa shape index (κ1) is 17.5. The van der Waals surface area contributed by atoms with Gasteiger partial charge in [0.1, 0.15) is 5.76 Å². The van der Waals surface area contributed by atoms with Crippen LogP contribution in [0.2, 0.25) is 0 Å². The molecule has 1 aromatic heterocycles. The molecular weight excluding hydrogens is 300 g/mol. The molecule has 0 aliphatic carbocycles. The molecule has 128 valence electrons. The third-order valence-electron chi connectivity index (χ3n) is 3.90. The van der Waals surface area contributed by atoms with Crippen LogP contribution in [0.4, 0.5) is 0 Å². The average molecular weight is 324 g/mol. The predicted molar refractivity (Wildman–Crippen MR) is 83.2 cm³/mol. The molecule has 0 N–H and O–H groups in total. The smallest absolute Gasteiger partial charge is 0.257 e. The van der Waals surface area contributed by atoms with Crippen LogP contribution < -0.4 is 0 Å². The Morgan fingerprint density at radius 2 is 2.04 bits per heavy atom. The molecule has 0 radical (unpaired) electrons. The Bertz CT molecular complexity index is 522. The van der Waals surface area contributed by atoms with Gasteiger partial charge in [-0.2, -0.15) is 0 Å². The number of rotatable bonds is 7. The van der Waals surface area contributed by atoms with Crippen LogP contribution in [0.15, 0.2) is 16.7 Å². The molecule has 2 amide bonds. The molecule has 0 aromatic carbocycles. The van der Waals surface area contributed by atoms with Gasteiger partial charge in [0.25, 0.3) is 5.91 Å². The van der Waals surface area contributed by atoms with Crippen molar-refractivity contribution in [3.8, 4) is 0 Å². The van der Waals surface area contributed by atoms with Crippen molar-refractivity contribution in [3.05, 3.63) is 23.7 Å². The van der Waals surface area contributed by atoms with Crippen molar-refractivity contribution in [2.24, 2.45) is 0 Å². The number of nitrogens with zero attached hydrogens (tertiary/aromatic N) is 2. The summed E-state index contributed by atoms with van der Waals surface area (Å²) >= 11 is 0. The predicted octanol–water partition coefficient (Wildman–Crippen LogP) is 0.926. The SMILES string of the molecule is COCCN(CCC(=O)N1CCOCC1)C(=O)c1ccoc1C. The summed E-state index contributed by atoms with van der Waals surface area (Å²) < 4.78 is 15.5. The summed E-state index contributed by atoms with van der Waals surface area (Å²) in [4.78, 5) is 28.2. The molecule has 23 heavy (non-hydrogen) atoms. The second-order valence-electron chi connectivity index (χ2n) is 5.42. The molecule has 2 rings (SSSR count). The van der Waals surface area contributed by atoms with Crippen molar-refractivity contribution in [1.82, 2.24) is 9.80 Å². The van der Waals surface area contributed by atoms with Crippen molar-refractivity contribution in [3.63, 3.8) is 0 Å². The van der Waals surface area contributed by atoms with Crippen LogP contribution in [0.3, 0.4) is 0 Å². The van der Waals surface area contributed by atoms with Gasteiger partial charge in [0.05, 0.1) is 31.6 Å². The Hall–Kier alpha value is -1.86. The van der Waals surface area contributed by atoms with E-state index in [-0.39, 0.29) is 11.8 Å². The van der Waals surface area contributed by atoms with Crippen molar-refractivity contribution in [2.45, 2.75) is 13.3 Å². The van der Waals surface area contributed by atoms with E-state index in [1.807, 2.05) is 0 Å². The van der Waals surface area contributed by atoms with E-state index >= 15 is 0 Å². The number of morpholine rings is 1. The minimum absolute atomic E-state index is 0.0485. The summed E-state index contributed by atoms with van der Waals surface area (Å²) in [7, 11) is 1.59. The molecular formula is C16H24N2O5. The number of hydrogen-bond donors (Lipinski definition) is 0. The van der Waals surface area contributed by atoms with Crippen LogP contribution in [0.1, 0.15) is 22.5 Å². The maximum absolute atomic E-state index is 12.6. The lowest BCUT2D eigenvalue weighted by molar-refractivity contribution is -0.135. The fourth-order valence-corrected chi connectivity index (χ4v) is 2.50. The molecule has 1 aliphatic rings. The molecule has 0 atom stereocenters. The molecule has 0 bridgehead atoms. The Labute approximate surface area is 136 Å². The second kappa shape index (κ2) is 8.69. The summed E-state index contributed by atoms with van der Waals surface area (Å²) in [5, 5.41) is 0. The Morgan fingerprint density at radius 1 is 1.30 bits per heavy atom. The first-order valence-corrected chi connectivity index (χ1v) is 7.81. The summed E-state index contributed by atoms with van der Waals surface area (Å²) in [5.41, 5.74) is 0.528. The standard InChI is InChI=1S/C16H24N2O5/c1-13-14(4-9-23-13)16(20)18(6-10-21-2)5-3-15(19)17-7-11-22-12-8-17/h4,9H,3,5-8,10-12H2,1-2H3. The van der Waals surface area contributed by atoms with Gasteiger partial charge in [-0.15, -0.1) is 0 Å². The van der Waals surface area contributed by atoms with E-state index in [9.17, 15) is 9.59 Å². The van der Waals surface area contributed by atoms with Crippen molar-refractivity contribution in [2.75, 3.05) is 53.1 Å². The van der Waals surface area contributed by atoms with Gasteiger partial charge in [-0.25, -0.2) is 0 Å². The number of methoxy groups -OCH3 is 1. The van der Waals surface area contributed by atoms with Crippen LogP contribution in [0.5, 0.6) is 0 Å². The van der Waals surface area contributed by atoms with Gasteiger partial charge < -0.3 is 23.7 Å². The number of amides is 2. The molecule has 0 saturated carbocycles. The Kier molecular flexibility index (Phi) is 6.61. The van der Waals surface area contributed by atoms with E-state index in [0.29, 0.717) is 63.7 Å². The number of carbonyl (C=O) groups is 2. The van der Waals surface area contributed by atoms with Crippen LogP contribution in [-0.4, -0.2) is 74.7 Å². The zero-order valence-electron chi connectivity index (χ0n) is 13.7. The third-order valence-corrected chi connectivity index (χ3v) is 3.90. The van der Waals surface area contributed by atoms with Crippen LogP contribution in [-0.2, 0) is 14.3 Å². The summed E-state index contributed by atoms with van der Waals surface area (Å²) in [5.74, 6) is 0.493. The third kappa shape index (κ3) is 4.80. The van der Waals surface area contributed by atoms with E-state index in [4.69, 9.17) is 13.9 Å². The number of ether oxygens (including phenoxy) is 2. The first-order chi connectivity index (χ1) is 11.1. The highest BCUT2D eigenvalue weighted by molar-refractivity contribution is 5.95. The topological polar surface area (TPSA) is 72.2 Å². The lowest BCUT2D eigenvalue weighted by Crippen LogP contribution is -2.43. The van der Waals surface area contributed by atoms with Gasteiger partial charge in [-0.3, -0.25) is 9.59 Å². The highest BCUT2D eigenvalue weighted by atomic mass is 16.5. The molecule has 0 spiro atoms. The lowest BCUT2D eigenvalue weighted by atomic mass is 10.2. The quantitative estimate of drug-likeness (QED) is 0.746. The number of hydrogen-bond acceptors (Lipinski definition) is 5. The zero-order chi connectivity index (χ0) is 16.7. The molecule has 1 fully saturated rings. The van der Waals surface area contributed by atoms with Gasteiger partial charge in [0, 0.05) is 39.7 Å². The molecule has 0 unspecified atom stereocenters. The van der Waals surface area contributed by atoms with Crippen LogP contribution >= 0.6 is 0 Å². The van der Waals surface area contributed by atoms with E-state index in [2.05, 4.69) is 0 Å². The zero-order valence-corrected chi connectivity index (χ0v) is 13.7. The monoisotopic (exact) mass is 324 g/mol. The molecule has 1 aliphatic heterocycles. The van der Waals surface area contributed by atoms with Crippen molar-refractivity contribution < 1.29 is 23.5 Å². The van der Waals surface area contributed by atoms with Crippen molar-refractivity contribution in [1.29, 1.82) is 0 Å². The molecule has 1 saturated heterocycles. The fourth-order valence-electron chi connectivity index (χ4n) is 2.50. The molecule has 7 nitrogen and oxygen atoms in total. The normalized spacial score (nSPS) is 14.8. The highest BCUT2D eigenvalue weighted by Gasteiger charge is 2.22. The first-order valence-electron chi connectivity index (χ1n) is 7.81. The molecule has 2 heterocycles. The number of furan rings is 1.